The summed E-state index contributed by atoms with van der Waals surface area (Å²) >= 11 is 12.0. The van der Waals surface area contributed by atoms with Gasteiger partial charge in [0.1, 0.15) is 10.8 Å². The third kappa shape index (κ3) is 4.74. The lowest BCUT2D eigenvalue weighted by Gasteiger charge is -2.25. The van der Waals surface area contributed by atoms with Crippen LogP contribution in [-0.2, 0) is 0 Å². The zero-order chi connectivity index (χ0) is 12.9. The molecule has 0 saturated heterocycles. The molecular formula is C13H19Cl2NO. The molecule has 0 aliphatic carbocycles. The topological polar surface area (TPSA) is 21.3 Å². The monoisotopic (exact) mass is 275 g/mol. The molecule has 0 spiro atoms. The molecule has 0 atom stereocenters. The summed E-state index contributed by atoms with van der Waals surface area (Å²) in [6.45, 7) is 8.84. The summed E-state index contributed by atoms with van der Waals surface area (Å²) in [4.78, 5) is 0. The molecule has 0 radical (unpaired) electrons. The Balaban J connectivity index is 2.58. The van der Waals surface area contributed by atoms with Gasteiger partial charge in [0.05, 0.1) is 11.6 Å². The van der Waals surface area contributed by atoms with Gasteiger partial charge < -0.3 is 10.1 Å². The van der Waals surface area contributed by atoms with Crippen molar-refractivity contribution >= 4 is 23.2 Å². The van der Waals surface area contributed by atoms with Crippen LogP contribution in [0, 0.1) is 5.41 Å². The molecule has 4 heteroatoms. The highest BCUT2D eigenvalue weighted by atomic mass is 35.5. The number of nitrogens with one attached hydrogen (secondary N) is 1. The highest BCUT2D eigenvalue weighted by Gasteiger charge is 2.19. The Morgan fingerprint density at radius 3 is 2.65 bits per heavy atom. The molecule has 1 N–H and O–H groups in total. The Morgan fingerprint density at radius 2 is 2.00 bits per heavy atom. The molecular weight excluding hydrogens is 257 g/mol. The molecule has 17 heavy (non-hydrogen) atoms. The van der Waals surface area contributed by atoms with Gasteiger partial charge in [0, 0.05) is 12.0 Å². The molecule has 96 valence electrons. The van der Waals surface area contributed by atoms with Crippen molar-refractivity contribution in [2.45, 2.75) is 20.8 Å². The molecule has 0 amide bonds. The normalized spacial score (nSPS) is 11.6. The van der Waals surface area contributed by atoms with Crippen LogP contribution in [0.25, 0.3) is 0 Å². The van der Waals surface area contributed by atoms with Crippen LogP contribution in [0.15, 0.2) is 18.2 Å². The van der Waals surface area contributed by atoms with E-state index in [4.69, 9.17) is 27.9 Å². The standard InChI is InChI=1S/C13H19Cl2NO/c1-4-16-8-13(2,3)9-17-11-7-5-6-10(14)12(11)15/h5-7,16H,4,8-9H2,1-3H3. The molecule has 0 bridgehead atoms. The molecule has 2 nitrogen and oxygen atoms in total. The number of halogens is 2. The highest BCUT2D eigenvalue weighted by molar-refractivity contribution is 6.42. The van der Waals surface area contributed by atoms with E-state index in [1.54, 1.807) is 6.07 Å². The Kier molecular flexibility index (Phi) is 5.57. The van der Waals surface area contributed by atoms with Crippen LogP contribution in [0.1, 0.15) is 20.8 Å². The van der Waals surface area contributed by atoms with Crippen LogP contribution in [-0.4, -0.2) is 19.7 Å². The van der Waals surface area contributed by atoms with Crippen LogP contribution in [0.2, 0.25) is 10.0 Å². The molecule has 0 aromatic heterocycles. The van der Waals surface area contributed by atoms with E-state index < -0.39 is 0 Å². The fraction of sp³-hybridized carbons (Fsp3) is 0.538. The van der Waals surface area contributed by atoms with Gasteiger partial charge in [-0.05, 0) is 18.7 Å². The zero-order valence-corrected chi connectivity index (χ0v) is 12.0. The number of hydrogen-bond donors (Lipinski definition) is 1. The molecule has 0 unspecified atom stereocenters. The first-order valence-corrected chi connectivity index (χ1v) is 6.49. The van der Waals surface area contributed by atoms with Gasteiger partial charge in [-0.2, -0.15) is 0 Å². The molecule has 1 aromatic rings. The highest BCUT2D eigenvalue weighted by Crippen LogP contribution is 2.32. The summed E-state index contributed by atoms with van der Waals surface area (Å²) in [7, 11) is 0. The molecule has 0 aliphatic heterocycles. The first-order chi connectivity index (χ1) is 7.96. The molecule has 0 heterocycles. The molecule has 0 fully saturated rings. The van der Waals surface area contributed by atoms with Crippen molar-refractivity contribution in [1.82, 2.24) is 5.32 Å². The van der Waals surface area contributed by atoms with Crippen LogP contribution < -0.4 is 10.1 Å². The van der Waals surface area contributed by atoms with E-state index in [9.17, 15) is 0 Å². The smallest absolute Gasteiger partial charge is 0.139 e. The summed E-state index contributed by atoms with van der Waals surface area (Å²) in [6, 6.07) is 5.42. The minimum atomic E-state index is 0.0572. The summed E-state index contributed by atoms with van der Waals surface area (Å²) in [6.07, 6.45) is 0. The van der Waals surface area contributed by atoms with Crippen molar-refractivity contribution in [3.63, 3.8) is 0 Å². The van der Waals surface area contributed by atoms with Crippen LogP contribution >= 0.6 is 23.2 Å². The van der Waals surface area contributed by atoms with E-state index in [2.05, 4.69) is 26.1 Å². The van der Waals surface area contributed by atoms with Gasteiger partial charge >= 0.3 is 0 Å². The first-order valence-electron chi connectivity index (χ1n) is 5.74. The molecule has 1 aromatic carbocycles. The van der Waals surface area contributed by atoms with Crippen LogP contribution in [0.4, 0.5) is 0 Å². The van der Waals surface area contributed by atoms with Gasteiger partial charge in [-0.3, -0.25) is 0 Å². The average molecular weight is 276 g/mol. The second-order valence-electron chi connectivity index (χ2n) is 4.79. The third-order valence-corrected chi connectivity index (χ3v) is 3.19. The zero-order valence-electron chi connectivity index (χ0n) is 10.5. The predicted octanol–water partition coefficient (Wildman–Crippen LogP) is 4.01. The maximum atomic E-state index is 6.05. The molecule has 0 saturated carbocycles. The first kappa shape index (κ1) is 14.6. The van der Waals surface area contributed by atoms with Crippen molar-refractivity contribution in [3.8, 4) is 5.75 Å². The summed E-state index contributed by atoms with van der Waals surface area (Å²) in [5.74, 6) is 0.642. The predicted molar refractivity (Wildman–Crippen MR) is 74.3 cm³/mol. The van der Waals surface area contributed by atoms with Gasteiger partial charge in [0.25, 0.3) is 0 Å². The van der Waals surface area contributed by atoms with E-state index in [1.807, 2.05) is 12.1 Å². The van der Waals surface area contributed by atoms with E-state index in [-0.39, 0.29) is 5.41 Å². The van der Waals surface area contributed by atoms with Gasteiger partial charge in [0.15, 0.2) is 0 Å². The lowest BCUT2D eigenvalue weighted by molar-refractivity contribution is 0.177. The Morgan fingerprint density at radius 1 is 1.29 bits per heavy atom. The summed E-state index contributed by atoms with van der Waals surface area (Å²) in [5.41, 5.74) is 0.0572. The lowest BCUT2D eigenvalue weighted by Crippen LogP contribution is -2.34. The van der Waals surface area contributed by atoms with Gasteiger partial charge in [-0.15, -0.1) is 0 Å². The summed E-state index contributed by atoms with van der Waals surface area (Å²) in [5, 5.41) is 4.31. The fourth-order valence-electron chi connectivity index (χ4n) is 1.38. The maximum Gasteiger partial charge on any atom is 0.139 e. The Labute approximate surface area is 113 Å². The third-order valence-electron chi connectivity index (χ3n) is 2.39. The van der Waals surface area contributed by atoms with Crippen molar-refractivity contribution in [2.75, 3.05) is 19.7 Å². The molecule has 0 aliphatic rings. The number of benzene rings is 1. The SMILES string of the molecule is CCNCC(C)(C)COc1cccc(Cl)c1Cl. The van der Waals surface area contributed by atoms with E-state index in [0.29, 0.717) is 22.4 Å². The van der Waals surface area contributed by atoms with Crippen LogP contribution in [0.3, 0.4) is 0 Å². The van der Waals surface area contributed by atoms with Gasteiger partial charge in [-0.25, -0.2) is 0 Å². The Hall–Kier alpha value is -0.440. The fourth-order valence-corrected chi connectivity index (χ4v) is 1.73. The maximum absolute atomic E-state index is 6.05. The van der Waals surface area contributed by atoms with E-state index in [1.165, 1.54) is 0 Å². The second kappa shape index (κ2) is 6.48. The largest absolute Gasteiger partial charge is 0.491 e. The van der Waals surface area contributed by atoms with E-state index >= 15 is 0 Å². The van der Waals surface area contributed by atoms with Gasteiger partial charge in [0.2, 0.25) is 0 Å². The number of rotatable bonds is 6. The van der Waals surface area contributed by atoms with Crippen molar-refractivity contribution < 1.29 is 4.74 Å². The number of ether oxygens (including phenoxy) is 1. The number of hydrogen-bond acceptors (Lipinski definition) is 2. The minimum absolute atomic E-state index is 0.0572. The molecule has 1 rings (SSSR count). The van der Waals surface area contributed by atoms with E-state index in [0.717, 1.165) is 13.1 Å². The second-order valence-corrected chi connectivity index (χ2v) is 5.57. The summed E-state index contributed by atoms with van der Waals surface area (Å²) < 4.78 is 5.72. The quantitative estimate of drug-likeness (QED) is 0.847. The average Bonchev–Trinajstić information content (AvgIpc) is 2.29. The van der Waals surface area contributed by atoms with Crippen LogP contribution in [0.5, 0.6) is 5.75 Å². The Bertz CT molecular complexity index is 366. The minimum Gasteiger partial charge on any atom is -0.491 e. The van der Waals surface area contributed by atoms with Crippen molar-refractivity contribution in [3.05, 3.63) is 28.2 Å². The van der Waals surface area contributed by atoms with Crippen molar-refractivity contribution in [2.24, 2.45) is 5.41 Å². The lowest BCUT2D eigenvalue weighted by atomic mass is 9.95. The van der Waals surface area contributed by atoms with Gasteiger partial charge in [-0.1, -0.05) is 50.0 Å². The van der Waals surface area contributed by atoms with Crippen molar-refractivity contribution in [1.29, 1.82) is 0 Å².